The second kappa shape index (κ2) is 5.64. The van der Waals surface area contributed by atoms with Crippen LogP contribution in [0.25, 0.3) is 0 Å². The summed E-state index contributed by atoms with van der Waals surface area (Å²) in [5, 5.41) is 0. The minimum atomic E-state index is 0.105. The maximum atomic E-state index is 12.7. The molecule has 0 spiro atoms. The van der Waals surface area contributed by atoms with Gasteiger partial charge >= 0.3 is 0 Å². The summed E-state index contributed by atoms with van der Waals surface area (Å²) >= 11 is 0. The minimum absolute atomic E-state index is 0.105. The Morgan fingerprint density at radius 1 is 1.26 bits per heavy atom. The van der Waals surface area contributed by atoms with E-state index >= 15 is 0 Å². The molecule has 0 saturated heterocycles. The smallest absolute Gasteiger partial charge is 0.185 e. The van der Waals surface area contributed by atoms with E-state index in [0.717, 1.165) is 24.8 Å². The third kappa shape index (κ3) is 3.19. The second-order valence-corrected chi connectivity index (χ2v) is 7.20. The number of fused-ring (bicyclic) bond motifs is 1. The average Bonchev–Trinajstić information content (AvgIpc) is 2.59. The third-order valence-electron chi connectivity index (χ3n) is 4.28. The van der Waals surface area contributed by atoms with Crippen LogP contribution in [-0.2, 0) is 4.79 Å². The van der Waals surface area contributed by atoms with E-state index in [1.165, 1.54) is 36.8 Å². The molecular weight excluding hydrogens is 232 g/mol. The Labute approximate surface area is 118 Å². The van der Waals surface area contributed by atoms with Gasteiger partial charge in [0.1, 0.15) is 0 Å². The number of carbonyl (C=O) groups is 1. The molecule has 2 aliphatic rings. The molecule has 0 N–H and O–H groups in total. The summed E-state index contributed by atoms with van der Waals surface area (Å²) in [5.74, 6) is 0.845. The van der Waals surface area contributed by atoms with Gasteiger partial charge in [-0.25, -0.2) is 0 Å². The molecule has 0 bridgehead atoms. The summed E-state index contributed by atoms with van der Waals surface area (Å²) in [4.78, 5) is 12.7. The Kier molecular flexibility index (Phi) is 4.32. The van der Waals surface area contributed by atoms with Crippen LogP contribution in [0, 0.1) is 11.3 Å². The minimum Gasteiger partial charge on any atom is -0.289 e. The largest absolute Gasteiger partial charge is 0.289 e. The SMILES string of the molecule is CCCCC1=C2CCCC[C@@H]2/C(=C\C(C)(C)C)C1=O. The predicted octanol–water partition coefficient (Wildman–Crippen LogP) is 5.22. The maximum Gasteiger partial charge on any atom is 0.185 e. The Hall–Kier alpha value is -0.850. The van der Waals surface area contributed by atoms with Gasteiger partial charge in [-0.3, -0.25) is 4.79 Å². The Morgan fingerprint density at radius 3 is 2.63 bits per heavy atom. The van der Waals surface area contributed by atoms with Crippen LogP contribution < -0.4 is 0 Å². The number of hydrogen-bond acceptors (Lipinski definition) is 1. The van der Waals surface area contributed by atoms with Gasteiger partial charge in [0.2, 0.25) is 0 Å². The average molecular weight is 260 g/mol. The van der Waals surface area contributed by atoms with Gasteiger partial charge in [0.25, 0.3) is 0 Å². The standard InChI is InChI=1S/C18H28O/c1-5-6-9-15-13-10-7-8-11-14(13)16(17(15)19)12-18(2,3)4/h12,14H,5-11H2,1-4H3/b16-12+/t14-/m0/s1. The molecule has 2 aliphatic carbocycles. The number of carbonyl (C=O) groups excluding carboxylic acids is 1. The van der Waals surface area contributed by atoms with Gasteiger partial charge in [-0.15, -0.1) is 0 Å². The monoisotopic (exact) mass is 260 g/mol. The van der Waals surface area contributed by atoms with E-state index in [4.69, 9.17) is 0 Å². The van der Waals surface area contributed by atoms with Gasteiger partial charge in [0.15, 0.2) is 5.78 Å². The molecule has 0 aliphatic heterocycles. The number of Topliss-reactive ketones (excluding diaryl/α,β-unsaturated/α-hetero) is 1. The fourth-order valence-corrected chi connectivity index (χ4v) is 3.46. The second-order valence-electron chi connectivity index (χ2n) is 7.20. The topological polar surface area (TPSA) is 17.1 Å². The molecule has 0 radical (unpaired) electrons. The van der Waals surface area contributed by atoms with Gasteiger partial charge < -0.3 is 0 Å². The zero-order valence-electron chi connectivity index (χ0n) is 13.0. The van der Waals surface area contributed by atoms with Crippen LogP contribution in [0.5, 0.6) is 0 Å². The van der Waals surface area contributed by atoms with Crippen molar-refractivity contribution >= 4 is 5.78 Å². The fraction of sp³-hybridized carbons (Fsp3) is 0.722. The molecule has 0 aromatic rings. The summed E-state index contributed by atoms with van der Waals surface area (Å²) in [6.07, 6.45) is 10.5. The van der Waals surface area contributed by atoms with Gasteiger partial charge in [0, 0.05) is 11.5 Å². The van der Waals surface area contributed by atoms with Crippen LogP contribution in [-0.4, -0.2) is 5.78 Å². The fourth-order valence-electron chi connectivity index (χ4n) is 3.46. The Bertz CT molecular complexity index is 417. The van der Waals surface area contributed by atoms with E-state index in [9.17, 15) is 4.79 Å². The Morgan fingerprint density at radius 2 is 2.00 bits per heavy atom. The molecule has 106 valence electrons. The van der Waals surface area contributed by atoms with Crippen LogP contribution in [0.3, 0.4) is 0 Å². The van der Waals surface area contributed by atoms with E-state index in [-0.39, 0.29) is 5.41 Å². The number of unbranched alkanes of at least 4 members (excludes halogenated alkanes) is 1. The lowest BCUT2D eigenvalue weighted by molar-refractivity contribution is -0.112. The first-order valence-corrected chi connectivity index (χ1v) is 7.93. The van der Waals surface area contributed by atoms with E-state index in [0.29, 0.717) is 11.7 Å². The number of rotatable bonds is 3. The van der Waals surface area contributed by atoms with E-state index in [1.54, 1.807) is 0 Å². The predicted molar refractivity (Wildman–Crippen MR) is 81.1 cm³/mol. The molecular formula is C18H28O. The number of hydrogen-bond donors (Lipinski definition) is 0. The van der Waals surface area contributed by atoms with E-state index < -0.39 is 0 Å². The van der Waals surface area contributed by atoms with E-state index in [2.05, 4.69) is 33.8 Å². The highest BCUT2D eigenvalue weighted by molar-refractivity contribution is 6.12. The lowest BCUT2D eigenvalue weighted by atomic mass is 9.80. The normalized spacial score (nSPS) is 26.2. The quantitative estimate of drug-likeness (QED) is 0.636. The summed E-state index contributed by atoms with van der Waals surface area (Å²) in [6, 6.07) is 0. The number of allylic oxidation sites excluding steroid dienone is 4. The van der Waals surface area contributed by atoms with Crippen molar-refractivity contribution in [2.45, 2.75) is 72.6 Å². The molecule has 0 aromatic heterocycles. The first-order chi connectivity index (χ1) is 8.94. The van der Waals surface area contributed by atoms with Crippen LogP contribution in [0.15, 0.2) is 22.8 Å². The van der Waals surface area contributed by atoms with Crippen molar-refractivity contribution in [1.29, 1.82) is 0 Å². The van der Waals surface area contributed by atoms with Crippen molar-refractivity contribution in [1.82, 2.24) is 0 Å². The first kappa shape index (κ1) is 14.6. The molecule has 1 nitrogen and oxygen atoms in total. The van der Waals surface area contributed by atoms with Gasteiger partial charge in [-0.1, -0.05) is 52.2 Å². The lowest BCUT2D eigenvalue weighted by Crippen LogP contribution is -2.13. The summed E-state index contributed by atoms with van der Waals surface area (Å²) in [5.41, 5.74) is 3.91. The van der Waals surface area contributed by atoms with Crippen molar-refractivity contribution in [2.24, 2.45) is 11.3 Å². The molecule has 0 aromatic carbocycles. The van der Waals surface area contributed by atoms with Crippen LogP contribution in [0.4, 0.5) is 0 Å². The van der Waals surface area contributed by atoms with Crippen molar-refractivity contribution in [3.05, 3.63) is 22.8 Å². The molecule has 1 saturated carbocycles. The van der Waals surface area contributed by atoms with E-state index in [1.807, 2.05) is 0 Å². The summed E-state index contributed by atoms with van der Waals surface area (Å²) < 4.78 is 0. The van der Waals surface area contributed by atoms with Gasteiger partial charge in [-0.2, -0.15) is 0 Å². The zero-order chi connectivity index (χ0) is 14.0. The van der Waals surface area contributed by atoms with Crippen molar-refractivity contribution < 1.29 is 4.79 Å². The van der Waals surface area contributed by atoms with Crippen molar-refractivity contribution in [2.75, 3.05) is 0 Å². The molecule has 1 fully saturated rings. The molecule has 2 rings (SSSR count). The number of ketones is 1. The molecule has 0 heterocycles. The molecule has 1 atom stereocenters. The molecule has 19 heavy (non-hydrogen) atoms. The van der Waals surface area contributed by atoms with Crippen molar-refractivity contribution in [3.63, 3.8) is 0 Å². The molecule has 0 unspecified atom stereocenters. The zero-order valence-corrected chi connectivity index (χ0v) is 13.0. The van der Waals surface area contributed by atoms with Crippen LogP contribution >= 0.6 is 0 Å². The third-order valence-corrected chi connectivity index (χ3v) is 4.28. The first-order valence-electron chi connectivity index (χ1n) is 7.93. The molecule has 0 amide bonds. The highest BCUT2D eigenvalue weighted by Gasteiger charge is 2.37. The molecule has 1 heteroatoms. The lowest BCUT2D eigenvalue weighted by Gasteiger charge is -2.23. The van der Waals surface area contributed by atoms with Crippen LogP contribution in [0.1, 0.15) is 72.6 Å². The van der Waals surface area contributed by atoms with Crippen LogP contribution in [0.2, 0.25) is 0 Å². The summed E-state index contributed by atoms with van der Waals surface area (Å²) in [7, 11) is 0. The van der Waals surface area contributed by atoms with Crippen molar-refractivity contribution in [3.8, 4) is 0 Å². The van der Waals surface area contributed by atoms with Gasteiger partial charge in [0.05, 0.1) is 0 Å². The Balaban J connectivity index is 2.32. The highest BCUT2D eigenvalue weighted by atomic mass is 16.1. The highest BCUT2D eigenvalue weighted by Crippen LogP contribution is 2.45. The maximum absolute atomic E-state index is 12.7. The van der Waals surface area contributed by atoms with Gasteiger partial charge in [-0.05, 0) is 43.1 Å². The summed E-state index contributed by atoms with van der Waals surface area (Å²) in [6.45, 7) is 8.79.